The van der Waals surface area contributed by atoms with E-state index < -0.39 is 58.6 Å². The van der Waals surface area contributed by atoms with Crippen LogP contribution in [0.3, 0.4) is 0 Å². The molecule has 0 amide bonds. The molecule has 2 aliphatic carbocycles. The number of cyclic esters (lactones) is 1. The normalized spacial score (nSPS) is 43.8. The standard InChI is InChI=1S/C24H30O9/c1-13-19(27)20(32-15(3)26)24(12-30-14(2)25)18(5-4-7-22(24)11-31-22)23(13)9-17(33-21(23)28)16-6-8-29-10-16/h6,8,10,13,17-20,27H,4-5,7,9,11-12H2,1-3H3/t13-,17+,18+,19+,20-,22+,23-,24+/m1/s1. The average molecular weight is 462 g/mol. The molecule has 2 spiro atoms. The van der Waals surface area contributed by atoms with Crippen molar-refractivity contribution in [3.8, 4) is 0 Å². The van der Waals surface area contributed by atoms with Crippen LogP contribution in [0.25, 0.3) is 0 Å². The van der Waals surface area contributed by atoms with Crippen molar-refractivity contribution in [2.45, 2.75) is 70.4 Å². The Morgan fingerprint density at radius 3 is 2.64 bits per heavy atom. The monoisotopic (exact) mass is 462 g/mol. The molecule has 2 aliphatic heterocycles. The number of carbonyl (C=O) groups excluding carboxylic acids is 3. The predicted molar refractivity (Wildman–Crippen MR) is 110 cm³/mol. The molecule has 0 unspecified atom stereocenters. The second-order valence-electron chi connectivity index (χ2n) is 10.1. The van der Waals surface area contributed by atoms with Gasteiger partial charge in [-0.25, -0.2) is 0 Å². The molecule has 1 aromatic rings. The van der Waals surface area contributed by atoms with E-state index in [2.05, 4.69) is 0 Å². The number of aliphatic hydroxyl groups is 1. The van der Waals surface area contributed by atoms with Gasteiger partial charge in [0.2, 0.25) is 0 Å². The van der Waals surface area contributed by atoms with Gasteiger partial charge >= 0.3 is 17.9 Å². The Balaban J connectivity index is 1.66. The Labute approximate surface area is 191 Å². The van der Waals surface area contributed by atoms with Gasteiger partial charge in [-0.3, -0.25) is 14.4 Å². The first kappa shape index (κ1) is 22.4. The lowest BCUT2D eigenvalue weighted by atomic mass is 9.42. The summed E-state index contributed by atoms with van der Waals surface area (Å²) in [5.74, 6) is -2.37. The Hall–Kier alpha value is -2.39. The van der Waals surface area contributed by atoms with Crippen molar-refractivity contribution in [3.05, 3.63) is 24.2 Å². The molecule has 9 nitrogen and oxygen atoms in total. The summed E-state index contributed by atoms with van der Waals surface area (Å²) in [5.41, 5.74) is -2.12. The van der Waals surface area contributed by atoms with Gasteiger partial charge in [0.25, 0.3) is 0 Å². The molecule has 180 valence electrons. The van der Waals surface area contributed by atoms with Crippen molar-refractivity contribution in [2.75, 3.05) is 13.2 Å². The Morgan fingerprint density at radius 2 is 2.03 bits per heavy atom. The molecule has 2 saturated carbocycles. The quantitative estimate of drug-likeness (QED) is 0.408. The molecule has 0 radical (unpaired) electrons. The summed E-state index contributed by atoms with van der Waals surface area (Å²) in [5, 5.41) is 11.6. The maximum absolute atomic E-state index is 13.7. The van der Waals surface area contributed by atoms with Crippen molar-refractivity contribution in [2.24, 2.45) is 22.7 Å². The number of hydrogen-bond acceptors (Lipinski definition) is 9. The second-order valence-corrected chi connectivity index (χ2v) is 10.1. The zero-order chi connectivity index (χ0) is 23.6. The SMILES string of the molecule is CC(=O)OC[C@@]12[C@H](OC(C)=O)[C@@H](O)[C@@H](C)[C@]3(C[C@@H](c4ccoc4)OC3=O)[C@@H]1CCC[C@]21CO1. The molecule has 5 rings (SSSR count). The van der Waals surface area contributed by atoms with E-state index in [0.29, 0.717) is 25.9 Å². The third kappa shape index (κ3) is 3.01. The zero-order valence-electron chi connectivity index (χ0n) is 19.1. The Bertz CT molecular complexity index is 951. The third-order valence-electron chi connectivity index (χ3n) is 8.68. The number of furan rings is 1. The minimum absolute atomic E-state index is 0.111. The van der Waals surface area contributed by atoms with Crippen LogP contribution in [-0.2, 0) is 33.3 Å². The van der Waals surface area contributed by atoms with E-state index in [1.54, 1.807) is 12.3 Å². The second kappa shape index (κ2) is 7.56. The first-order valence-electron chi connectivity index (χ1n) is 11.5. The van der Waals surface area contributed by atoms with Gasteiger partial charge in [0.1, 0.15) is 24.4 Å². The minimum atomic E-state index is -1.17. The maximum atomic E-state index is 13.7. The van der Waals surface area contributed by atoms with Crippen molar-refractivity contribution in [1.82, 2.24) is 0 Å². The molecule has 1 aromatic heterocycles. The highest BCUT2D eigenvalue weighted by Gasteiger charge is 2.80. The van der Waals surface area contributed by atoms with Gasteiger partial charge in [-0.15, -0.1) is 0 Å². The van der Waals surface area contributed by atoms with Crippen LogP contribution in [-0.4, -0.2) is 54.0 Å². The van der Waals surface area contributed by atoms with Crippen LogP contribution in [0.15, 0.2) is 23.0 Å². The third-order valence-corrected chi connectivity index (χ3v) is 8.68. The summed E-state index contributed by atoms with van der Waals surface area (Å²) < 4.78 is 28.4. The highest BCUT2D eigenvalue weighted by Crippen LogP contribution is 2.71. The van der Waals surface area contributed by atoms with Crippen LogP contribution in [0.4, 0.5) is 0 Å². The van der Waals surface area contributed by atoms with Crippen molar-refractivity contribution in [3.63, 3.8) is 0 Å². The molecule has 4 aliphatic rings. The van der Waals surface area contributed by atoms with E-state index in [1.165, 1.54) is 20.1 Å². The summed E-state index contributed by atoms with van der Waals surface area (Å²) in [4.78, 5) is 37.8. The van der Waals surface area contributed by atoms with E-state index in [0.717, 1.165) is 12.0 Å². The van der Waals surface area contributed by atoms with Gasteiger partial charge in [0.05, 0.1) is 36.1 Å². The Morgan fingerprint density at radius 1 is 1.27 bits per heavy atom. The minimum Gasteiger partial charge on any atom is -0.472 e. The topological polar surface area (TPSA) is 125 Å². The highest BCUT2D eigenvalue weighted by atomic mass is 16.6. The van der Waals surface area contributed by atoms with Gasteiger partial charge in [-0.05, 0) is 24.8 Å². The lowest BCUT2D eigenvalue weighted by Gasteiger charge is -2.62. The molecular weight excluding hydrogens is 432 g/mol. The van der Waals surface area contributed by atoms with Crippen LogP contribution in [0, 0.1) is 22.7 Å². The molecule has 8 atom stereocenters. The van der Waals surface area contributed by atoms with Crippen LogP contribution in [0.5, 0.6) is 0 Å². The first-order chi connectivity index (χ1) is 15.7. The summed E-state index contributed by atoms with van der Waals surface area (Å²) >= 11 is 0. The zero-order valence-corrected chi connectivity index (χ0v) is 19.1. The van der Waals surface area contributed by atoms with E-state index in [9.17, 15) is 19.5 Å². The summed E-state index contributed by atoms with van der Waals surface area (Å²) in [6.07, 6.45) is 2.87. The number of epoxide rings is 1. The van der Waals surface area contributed by atoms with E-state index in [4.69, 9.17) is 23.4 Å². The van der Waals surface area contributed by atoms with E-state index in [1.807, 2.05) is 6.92 Å². The number of fused-ring (bicyclic) bond motifs is 3. The van der Waals surface area contributed by atoms with Crippen LogP contribution >= 0.6 is 0 Å². The lowest BCUT2D eigenvalue weighted by molar-refractivity contribution is -0.260. The molecule has 9 heteroatoms. The van der Waals surface area contributed by atoms with Crippen molar-refractivity contribution < 1.29 is 42.9 Å². The molecule has 0 bridgehead atoms. The molecule has 2 saturated heterocycles. The van der Waals surface area contributed by atoms with Gasteiger partial charge < -0.3 is 28.5 Å². The van der Waals surface area contributed by atoms with E-state index >= 15 is 0 Å². The van der Waals surface area contributed by atoms with E-state index in [-0.39, 0.29) is 12.5 Å². The number of aliphatic hydroxyl groups excluding tert-OH is 1. The van der Waals surface area contributed by atoms with Gasteiger partial charge in [0, 0.05) is 31.7 Å². The van der Waals surface area contributed by atoms with Crippen LogP contribution in [0.1, 0.15) is 58.1 Å². The van der Waals surface area contributed by atoms with Crippen molar-refractivity contribution >= 4 is 17.9 Å². The molecule has 3 heterocycles. The number of carbonyl (C=O) groups is 3. The summed E-state index contributed by atoms with van der Waals surface area (Å²) in [7, 11) is 0. The molecule has 4 fully saturated rings. The van der Waals surface area contributed by atoms with Crippen LogP contribution < -0.4 is 0 Å². The number of hydrogen-bond donors (Lipinski definition) is 1. The van der Waals surface area contributed by atoms with Crippen LogP contribution in [0.2, 0.25) is 0 Å². The van der Waals surface area contributed by atoms with Gasteiger partial charge in [-0.1, -0.05) is 13.3 Å². The fourth-order valence-electron chi connectivity index (χ4n) is 7.12. The van der Waals surface area contributed by atoms with Gasteiger partial charge in [-0.2, -0.15) is 0 Å². The fourth-order valence-corrected chi connectivity index (χ4v) is 7.12. The summed E-state index contributed by atoms with van der Waals surface area (Å²) in [6, 6.07) is 1.76. The van der Waals surface area contributed by atoms with Gasteiger partial charge in [0.15, 0.2) is 0 Å². The number of ether oxygens (including phenoxy) is 4. The lowest BCUT2D eigenvalue weighted by Crippen LogP contribution is -2.73. The number of esters is 3. The summed E-state index contributed by atoms with van der Waals surface area (Å²) in [6.45, 7) is 4.69. The molecule has 33 heavy (non-hydrogen) atoms. The smallest absolute Gasteiger partial charge is 0.313 e. The largest absolute Gasteiger partial charge is 0.472 e. The first-order valence-corrected chi connectivity index (χ1v) is 11.5. The maximum Gasteiger partial charge on any atom is 0.313 e. The Kier molecular flexibility index (Phi) is 5.13. The highest BCUT2D eigenvalue weighted by molar-refractivity contribution is 5.81. The predicted octanol–water partition coefficient (Wildman–Crippen LogP) is 2.31. The average Bonchev–Trinajstić information content (AvgIpc) is 3.19. The molecule has 1 N–H and O–H groups in total. The van der Waals surface area contributed by atoms with Crippen molar-refractivity contribution in [1.29, 1.82) is 0 Å². The molecular formula is C24H30O9. The molecule has 0 aromatic carbocycles. The number of rotatable bonds is 4. The fraction of sp³-hybridized carbons (Fsp3) is 0.708.